The molecule has 1 saturated carbocycles. The van der Waals surface area contributed by atoms with E-state index in [0.29, 0.717) is 10.4 Å². The number of halogens is 2. The molecule has 1 aromatic rings. The average Bonchev–Trinajstić information content (AvgIpc) is 2.93. The molecular formula is C16H23BrFN. The summed E-state index contributed by atoms with van der Waals surface area (Å²) in [5.74, 6) is 1.28. The van der Waals surface area contributed by atoms with Crippen molar-refractivity contribution in [1.29, 1.82) is 0 Å². The minimum Gasteiger partial charge on any atom is -0.317 e. The second-order valence-corrected chi connectivity index (χ2v) is 6.32. The summed E-state index contributed by atoms with van der Waals surface area (Å²) in [5.41, 5.74) is 1.11. The van der Waals surface area contributed by atoms with Crippen molar-refractivity contribution < 1.29 is 4.39 Å². The van der Waals surface area contributed by atoms with Gasteiger partial charge in [0.1, 0.15) is 5.82 Å². The second kappa shape index (κ2) is 7.39. The summed E-state index contributed by atoms with van der Waals surface area (Å²) >= 11 is 3.39. The number of hydrogen-bond donors (Lipinski definition) is 1. The van der Waals surface area contributed by atoms with E-state index in [1.54, 1.807) is 0 Å². The van der Waals surface area contributed by atoms with Crippen molar-refractivity contribution in [1.82, 2.24) is 5.32 Å². The smallest absolute Gasteiger partial charge is 0.137 e. The van der Waals surface area contributed by atoms with Crippen LogP contribution in [0.3, 0.4) is 0 Å². The molecule has 0 aliphatic heterocycles. The first-order valence-corrected chi connectivity index (χ1v) is 8.15. The molecule has 1 aromatic carbocycles. The maximum atomic E-state index is 13.6. The van der Waals surface area contributed by atoms with Crippen molar-refractivity contribution in [2.75, 3.05) is 13.1 Å². The fraction of sp³-hybridized carbons (Fsp3) is 0.625. The highest BCUT2D eigenvalue weighted by molar-refractivity contribution is 9.10. The van der Waals surface area contributed by atoms with E-state index in [9.17, 15) is 4.39 Å². The fourth-order valence-corrected chi connectivity index (χ4v) is 3.58. The fourth-order valence-electron chi connectivity index (χ4n) is 3.15. The highest BCUT2D eigenvalue weighted by Crippen LogP contribution is 2.34. The maximum Gasteiger partial charge on any atom is 0.137 e. The van der Waals surface area contributed by atoms with Crippen LogP contribution in [-0.2, 0) is 6.42 Å². The molecule has 1 nitrogen and oxygen atoms in total. The third-order valence-corrected chi connectivity index (χ3v) is 5.12. The number of hydrogen-bond acceptors (Lipinski definition) is 1. The van der Waals surface area contributed by atoms with Gasteiger partial charge in [-0.2, -0.15) is 0 Å². The molecule has 1 fully saturated rings. The third kappa shape index (κ3) is 4.03. The van der Waals surface area contributed by atoms with Crippen LogP contribution in [0.1, 0.15) is 38.2 Å². The minimum atomic E-state index is -0.147. The first kappa shape index (κ1) is 15.0. The quantitative estimate of drug-likeness (QED) is 0.808. The van der Waals surface area contributed by atoms with Crippen LogP contribution in [0.15, 0.2) is 22.7 Å². The van der Waals surface area contributed by atoms with Crippen LogP contribution in [0.4, 0.5) is 4.39 Å². The van der Waals surface area contributed by atoms with E-state index in [4.69, 9.17) is 0 Å². The lowest BCUT2D eigenvalue weighted by atomic mass is 9.85. The van der Waals surface area contributed by atoms with Gasteiger partial charge < -0.3 is 5.32 Å². The van der Waals surface area contributed by atoms with Gasteiger partial charge in [0.2, 0.25) is 0 Å². The summed E-state index contributed by atoms with van der Waals surface area (Å²) in [4.78, 5) is 0. The Morgan fingerprint density at radius 3 is 2.79 bits per heavy atom. The Bertz CT molecular complexity index is 402. The van der Waals surface area contributed by atoms with Crippen molar-refractivity contribution in [2.45, 2.75) is 39.0 Å². The SMILES string of the molecule is CCNCC(Cc1cccc(F)c1Br)C1CCCC1. The maximum absolute atomic E-state index is 13.6. The van der Waals surface area contributed by atoms with Gasteiger partial charge in [-0.15, -0.1) is 0 Å². The molecule has 0 bridgehead atoms. The molecule has 1 aliphatic rings. The van der Waals surface area contributed by atoms with Crippen LogP contribution < -0.4 is 5.32 Å². The molecule has 0 spiro atoms. The Hall–Kier alpha value is -0.410. The van der Waals surface area contributed by atoms with Crippen molar-refractivity contribution in [3.63, 3.8) is 0 Å². The molecule has 0 saturated heterocycles. The molecule has 0 aromatic heterocycles. The predicted molar refractivity (Wildman–Crippen MR) is 81.8 cm³/mol. The van der Waals surface area contributed by atoms with Crippen LogP contribution in [0.25, 0.3) is 0 Å². The van der Waals surface area contributed by atoms with Gasteiger partial charge in [-0.05, 0) is 58.9 Å². The van der Waals surface area contributed by atoms with Gasteiger partial charge in [-0.3, -0.25) is 0 Å². The van der Waals surface area contributed by atoms with Crippen molar-refractivity contribution >= 4 is 15.9 Å². The van der Waals surface area contributed by atoms with Crippen molar-refractivity contribution in [3.05, 3.63) is 34.1 Å². The normalized spacial score (nSPS) is 17.8. The summed E-state index contributed by atoms with van der Waals surface area (Å²) in [6, 6.07) is 5.37. The first-order chi connectivity index (χ1) is 9.22. The van der Waals surface area contributed by atoms with Gasteiger partial charge in [0.25, 0.3) is 0 Å². The molecule has 0 heterocycles. The minimum absolute atomic E-state index is 0.147. The van der Waals surface area contributed by atoms with Crippen molar-refractivity contribution in [2.24, 2.45) is 11.8 Å². The summed E-state index contributed by atoms with van der Waals surface area (Å²) in [6.45, 7) is 4.20. The van der Waals surface area contributed by atoms with E-state index in [1.165, 1.54) is 31.7 Å². The molecule has 1 N–H and O–H groups in total. The molecule has 0 amide bonds. The van der Waals surface area contributed by atoms with Crippen LogP contribution in [0.2, 0.25) is 0 Å². The lowest BCUT2D eigenvalue weighted by Gasteiger charge is -2.24. The lowest BCUT2D eigenvalue weighted by molar-refractivity contribution is 0.322. The Labute approximate surface area is 124 Å². The predicted octanol–water partition coefficient (Wildman–Crippen LogP) is 4.55. The molecule has 1 aliphatic carbocycles. The number of rotatable bonds is 6. The van der Waals surface area contributed by atoms with Gasteiger partial charge in [-0.25, -0.2) is 4.39 Å². The molecular weight excluding hydrogens is 305 g/mol. The van der Waals surface area contributed by atoms with Crippen LogP contribution in [-0.4, -0.2) is 13.1 Å². The van der Waals surface area contributed by atoms with Gasteiger partial charge >= 0.3 is 0 Å². The van der Waals surface area contributed by atoms with Crippen LogP contribution in [0.5, 0.6) is 0 Å². The molecule has 106 valence electrons. The molecule has 19 heavy (non-hydrogen) atoms. The third-order valence-electron chi connectivity index (χ3n) is 4.24. The summed E-state index contributed by atoms with van der Waals surface area (Å²) in [7, 11) is 0. The van der Waals surface area contributed by atoms with Crippen LogP contribution >= 0.6 is 15.9 Å². The Morgan fingerprint density at radius 2 is 2.11 bits per heavy atom. The first-order valence-electron chi connectivity index (χ1n) is 7.36. The Balaban J connectivity index is 2.07. The highest BCUT2D eigenvalue weighted by atomic mass is 79.9. The second-order valence-electron chi connectivity index (χ2n) is 5.53. The molecule has 1 atom stereocenters. The largest absolute Gasteiger partial charge is 0.317 e. The van der Waals surface area contributed by atoms with Gasteiger partial charge in [0, 0.05) is 0 Å². The summed E-state index contributed by atoms with van der Waals surface area (Å²) < 4.78 is 14.2. The molecule has 0 radical (unpaired) electrons. The summed E-state index contributed by atoms with van der Waals surface area (Å²) in [6.07, 6.45) is 6.36. The lowest BCUT2D eigenvalue weighted by Crippen LogP contribution is -2.29. The Kier molecular flexibility index (Phi) is 5.83. The molecule has 2 rings (SSSR count). The number of benzene rings is 1. The highest BCUT2D eigenvalue weighted by Gasteiger charge is 2.25. The zero-order chi connectivity index (χ0) is 13.7. The average molecular weight is 328 g/mol. The van der Waals surface area contributed by atoms with Crippen LogP contribution in [0, 0.1) is 17.7 Å². The van der Waals surface area contributed by atoms with E-state index >= 15 is 0 Å². The monoisotopic (exact) mass is 327 g/mol. The van der Waals surface area contributed by atoms with Crippen molar-refractivity contribution in [3.8, 4) is 0 Å². The van der Waals surface area contributed by atoms with E-state index in [1.807, 2.05) is 12.1 Å². The summed E-state index contributed by atoms with van der Waals surface area (Å²) in [5, 5.41) is 3.47. The topological polar surface area (TPSA) is 12.0 Å². The molecule has 1 unspecified atom stereocenters. The van der Waals surface area contributed by atoms with Gasteiger partial charge in [-0.1, -0.05) is 44.7 Å². The van der Waals surface area contributed by atoms with Gasteiger partial charge in [0.15, 0.2) is 0 Å². The zero-order valence-corrected chi connectivity index (χ0v) is 13.2. The van der Waals surface area contributed by atoms with E-state index < -0.39 is 0 Å². The van der Waals surface area contributed by atoms with E-state index in [-0.39, 0.29) is 5.82 Å². The van der Waals surface area contributed by atoms with Gasteiger partial charge in [0.05, 0.1) is 4.47 Å². The Morgan fingerprint density at radius 1 is 1.37 bits per heavy atom. The molecule has 3 heteroatoms. The number of nitrogens with one attached hydrogen (secondary N) is 1. The standard InChI is InChI=1S/C16H23BrFN/c1-2-19-11-14(12-6-3-4-7-12)10-13-8-5-9-15(18)16(13)17/h5,8-9,12,14,19H,2-4,6-7,10-11H2,1H3. The van der Waals surface area contributed by atoms with E-state index in [0.717, 1.165) is 31.0 Å². The van der Waals surface area contributed by atoms with E-state index in [2.05, 4.69) is 28.2 Å². The zero-order valence-electron chi connectivity index (χ0n) is 11.6.